The van der Waals surface area contributed by atoms with Crippen LogP contribution in [0.4, 0.5) is 0 Å². The van der Waals surface area contributed by atoms with Gasteiger partial charge >= 0.3 is 0 Å². The maximum absolute atomic E-state index is 14.9. The maximum atomic E-state index is 14.9. The minimum Gasteiger partial charge on any atom is -0.321 e. The van der Waals surface area contributed by atoms with Crippen LogP contribution in [-0.4, -0.2) is 80.2 Å². The first-order chi connectivity index (χ1) is 38.7. The van der Waals surface area contributed by atoms with Crippen molar-refractivity contribution < 1.29 is 38.4 Å². The molecule has 0 bridgehead atoms. The molecule has 9 aromatic carbocycles. The van der Waals surface area contributed by atoms with Crippen LogP contribution in [-0.2, 0) is 19.2 Å². The van der Waals surface area contributed by atoms with Crippen molar-refractivity contribution in [2.75, 3.05) is 13.3 Å². The number of nitrogens with zero attached hydrogens (tertiary/aromatic N) is 4. The lowest BCUT2D eigenvalue weighted by Gasteiger charge is -2.33. The van der Waals surface area contributed by atoms with Gasteiger partial charge in [0.1, 0.15) is 13.3 Å². The smallest absolute Gasteiger partial charge is 0.262 e. The van der Waals surface area contributed by atoms with E-state index in [1.54, 1.807) is 146 Å². The summed E-state index contributed by atoms with van der Waals surface area (Å²) in [6.45, 7) is -1.08. The van der Waals surface area contributed by atoms with Gasteiger partial charge in [-0.3, -0.25) is 58.0 Å². The van der Waals surface area contributed by atoms with E-state index in [0.717, 1.165) is 9.80 Å². The zero-order valence-corrected chi connectivity index (χ0v) is 43.9. The second-order valence-electron chi connectivity index (χ2n) is 19.9. The Hall–Kier alpha value is -9.44. The number of carbonyl (C=O) groups is 8. The van der Waals surface area contributed by atoms with Crippen LogP contribution in [0.15, 0.2) is 168 Å². The van der Waals surface area contributed by atoms with E-state index in [-0.39, 0.29) is 67.3 Å². The molecule has 0 fully saturated rings. The van der Waals surface area contributed by atoms with Crippen LogP contribution in [0.2, 0.25) is 20.1 Å². The number of hydrogen-bond donors (Lipinski definition) is 2. The second-order valence-corrected chi connectivity index (χ2v) is 21.6. The van der Waals surface area contributed by atoms with Gasteiger partial charge < -0.3 is 10.6 Å². The summed E-state index contributed by atoms with van der Waals surface area (Å²) in [6, 6.07) is 40.0. The minimum atomic E-state index is -0.673. The summed E-state index contributed by atoms with van der Waals surface area (Å²) < 4.78 is 0. The van der Waals surface area contributed by atoms with Gasteiger partial charge in [-0.2, -0.15) is 0 Å². The standard InChI is InChI=1S/C62H30Cl4N6O8/c63-31-9-1-27(2-10-31)51-47-49(55(73)67-51)53(29-5-13-33(65)14-6-29)69(61(47)79)25-71-57(75)39-21-17-35-37-19-23-41-46-42(24-20-38(44(37)46)36-18-22-40(58(71)76)45(39)43(35)36)60(78)72(59(41)77)26-70-54(30-7-15-34(66)16-8-30)50-48(62(70)80)52(68-56(50)74)28-3-11-32(64)12-4-28/h1-24H,25-26H2,(H,67,73)(H,68,74). The number of carbonyl (C=O) groups excluding carboxylic acids is 8. The van der Waals surface area contributed by atoms with Gasteiger partial charge in [-0.1, -0.05) is 119 Å². The van der Waals surface area contributed by atoms with Crippen molar-refractivity contribution in [1.82, 2.24) is 30.2 Å². The molecule has 8 amide bonds. The average molecular weight is 1130 g/mol. The second kappa shape index (κ2) is 17.0. The molecule has 6 aliphatic heterocycles. The summed E-state index contributed by atoms with van der Waals surface area (Å²) in [5, 5.41) is 12.0. The Kier molecular flexibility index (Phi) is 10.2. The Morgan fingerprint density at radius 3 is 0.850 bits per heavy atom. The highest BCUT2D eigenvalue weighted by Crippen LogP contribution is 2.49. The van der Waals surface area contributed by atoms with E-state index in [4.69, 9.17) is 46.4 Å². The third kappa shape index (κ3) is 6.55. The van der Waals surface area contributed by atoms with Gasteiger partial charge in [0.25, 0.3) is 47.3 Å². The van der Waals surface area contributed by atoms with Crippen LogP contribution in [0, 0.1) is 0 Å². The van der Waals surface area contributed by atoms with Crippen molar-refractivity contribution in [2.45, 2.75) is 0 Å². The minimum absolute atomic E-state index is 0.0790. The molecule has 15 rings (SSSR count). The molecule has 0 radical (unpaired) electrons. The molecule has 18 heteroatoms. The molecule has 9 aromatic rings. The van der Waals surface area contributed by atoms with E-state index in [1.807, 2.05) is 0 Å². The van der Waals surface area contributed by atoms with E-state index >= 15 is 0 Å². The van der Waals surface area contributed by atoms with Gasteiger partial charge in [-0.05, 0) is 127 Å². The number of nitrogens with one attached hydrogen (secondary N) is 2. The van der Waals surface area contributed by atoms with E-state index in [1.165, 1.54) is 9.80 Å². The van der Waals surface area contributed by atoms with Crippen molar-refractivity contribution in [1.29, 1.82) is 0 Å². The molecule has 0 aromatic heterocycles. The van der Waals surface area contributed by atoms with Gasteiger partial charge in [0.05, 0.1) is 45.1 Å². The van der Waals surface area contributed by atoms with Crippen LogP contribution < -0.4 is 10.6 Å². The van der Waals surface area contributed by atoms with Crippen LogP contribution in [0.5, 0.6) is 0 Å². The first-order valence-corrected chi connectivity index (χ1v) is 26.4. The molecular formula is C62H30Cl4N6O8. The Labute approximate surface area is 471 Å². The predicted molar refractivity (Wildman–Crippen MR) is 302 cm³/mol. The maximum Gasteiger partial charge on any atom is 0.262 e. The van der Waals surface area contributed by atoms with E-state index in [2.05, 4.69) is 10.6 Å². The van der Waals surface area contributed by atoms with Gasteiger partial charge in [-0.25, -0.2) is 0 Å². The molecule has 0 saturated heterocycles. The zero-order valence-electron chi connectivity index (χ0n) is 40.8. The Balaban J connectivity index is 0.804. The number of rotatable bonds is 8. The summed E-state index contributed by atoms with van der Waals surface area (Å²) in [7, 11) is 0. The molecule has 0 spiro atoms. The molecule has 80 heavy (non-hydrogen) atoms. The SMILES string of the molecule is O=C1NC(c2ccc(Cl)cc2)=C2C(=O)N(CN3C(=O)c4ccc5c6ccc7c8c(ccc(c9ccc(c4c59)C3=O)c86)C(=O)N(CN3C(=O)C4=C(c5ccc(Cl)cc5)NC(=O)C4=C3c3ccc(Cl)cc3)C7=O)C(c3ccc(Cl)cc3)=C12. The summed E-state index contributed by atoms with van der Waals surface area (Å²) >= 11 is 25.0. The van der Waals surface area contributed by atoms with Gasteiger partial charge in [-0.15, -0.1) is 0 Å². The quantitative estimate of drug-likeness (QED) is 0.0859. The molecule has 0 unspecified atom stereocenters. The van der Waals surface area contributed by atoms with Crippen LogP contribution >= 0.6 is 46.4 Å². The number of benzene rings is 9. The van der Waals surface area contributed by atoms with Crippen molar-refractivity contribution in [3.05, 3.63) is 232 Å². The van der Waals surface area contributed by atoms with Crippen molar-refractivity contribution in [3.8, 4) is 0 Å². The molecule has 0 atom stereocenters. The first-order valence-electron chi connectivity index (χ1n) is 24.9. The third-order valence-corrected chi connectivity index (χ3v) is 16.7. The highest BCUT2D eigenvalue weighted by molar-refractivity contribution is 6.42. The number of fused-ring (bicyclic) bond motifs is 4. The molecule has 2 N–H and O–H groups in total. The van der Waals surface area contributed by atoms with Gasteiger partial charge in [0.15, 0.2) is 0 Å². The number of hydrogen-bond acceptors (Lipinski definition) is 8. The number of amides is 8. The van der Waals surface area contributed by atoms with Crippen molar-refractivity contribution >= 4 is 160 Å². The molecule has 6 heterocycles. The lowest BCUT2D eigenvalue weighted by atomic mass is 9.82. The summed E-state index contributed by atoms with van der Waals surface area (Å²) in [6.07, 6.45) is 0. The fraction of sp³-hybridized carbons (Fsp3) is 0.0323. The van der Waals surface area contributed by atoms with Crippen molar-refractivity contribution in [3.63, 3.8) is 0 Å². The van der Waals surface area contributed by atoms with E-state index in [0.29, 0.717) is 85.4 Å². The molecule has 14 nitrogen and oxygen atoms in total. The van der Waals surface area contributed by atoms with Crippen LogP contribution in [0.25, 0.3) is 65.9 Å². The Morgan fingerprint density at radius 2 is 0.562 bits per heavy atom. The Morgan fingerprint density at radius 1 is 0.287 bits per heavy atom. The highest BCUT2D eigenvalue weighted by Gasteiger charge is 2.50. The number of imide groups is 2. The summed E-state index contributed by atoms with van der Waals surface area (Å²) in [4.78, 5) is 122. The van der Waals surface area contributed by atoms with E-state index in [9.17, 15) is 38.4 Å². The first kappa shape index (κ1) is 47.7. The van der Waals surface area contributed by atoms with Crippen molar-refractivity contribution in [2.24, 2.45) is 0 Å². The van der Waals surface area contributed by atoms with E-state index < -0.39 is 60.6 Å². The largest absolute Gasteiger partial charge is 0.321 e. The van der Waals surface area contributed by atoms with Gasteiger partial charge in [0.2, 0.25) is 0 Å². The molecular weight excluding hydrogens is 1100 g/mol. The third-order valence-electron chi connectivity index (χ3n) is 15.7. The fourth-order valence-electron chi connectivity index (χ4n) is 12.2. The predicted octanol–water partition coefficient (Wildman–Crippen LogP) is 11.0. The van der Waals surface area contributed by atoms with Gasteiger partial charge in [0, 0.05) is 53.1 Å². The molecule has 0 saturated carbocycles. The lowest BCUT2D eigenvalue weighted by molar-refractivity contribution is -0.124. The average Bonchev–Trinajstić information content (AvgIpc) is 4.18. The highest BCUT2D eigenvalue weighted by atomic mass is 35.5. The number of halogens is 4. The monoisotopic (exact) mass is 1130 g/mol. The summed E-state index contributed by atoms with van der Waals surface area (Å²) in [5.41, 5.74) is 3.97. The summed E-state index contributed by atoms with van der Waals surface area (Å²) in [5.74, 6) is -4.99. The zero-order chi connectivity index (χ0) is 54.9. The fourth-order valence-corrected chi connectivity index (χ4v) is 12.7. The normalized spacial score (nSPS) is 16.9. The Bertz CT molecular complexity index is 4270. The topological polar surface area (TPSA) is 174 Å². The molecule has 384 valence electrons. The van der Waals surface area contributed by atoms with Crippen LogP contribution in [0.3, 0.4) is 0 Å². The molecule has 6 aliphatic rings. The van der Waals surface area contributed by atoms with Crippen LogP contribution in [0.1, 0.15) is 63.7 Å². The molecule has 0 aliphatic carbocycles. The lowest BCUT2D eigenvalue weighted by Crippen LogP contribution is -2.47.